The summed E-state index contributed by atoms with van der Waals surface area (Å²) in [5, 5.41) is 0.749. The van der Waals surface area contributed by atoms with Crippen molar-refractivity contribution in [2.24, 2.45) is 5.73 Å². The van der Waals surface area contributed by atoms with Crippen LogP contribution in [0, 0.1) is 0 Å². The number of hydrogen-bond acceptors (Lipinski definition) is 3. The van der Waals surface area contributed by atoms with Gasteiger partial charge in [0.1, 0.15) is 27.9 Å². The zero-order valence-electron chi connectivity index (χ0n) is 13.6. The molecule has 7 heteroatoms. The van der Waals surface area contributed by atoms with Crippen molar-refractivity contribution in [3.8, 4) is 5.75 Å². The molecule has 0 saturated carbocycles. The lowest BCUT2D eigenvalue weighted by Gasteiger charge is -2.26. The van der Waals surface area contributed by atoms with Crippen LogP contribution in [0.1, 0.15) is 34.7 Å². The van der Waals surface area contributed by atoms with Gasteiger partial charge in [0.05, 0.1) is 24.2 Å². The highest BCUT2D eigenvalue weighted by Crippen LogP contribution is 2.45. The molecular formula is C18H16AlBrClN3O. The molecule has 3 atom stereocenters. The van der Waals surface area contributed by atoms with Gasteiger partial charge in [-0.3, -0.25) is 0 Å². The second-order valence-corrected chi connectivity index (χ2v) is 8.25. The van der Waals surface area contributed by atoms with Gasteiger partial charge in [-0.05, 0) is 36.2 Å². The SMILES string of the molecule is COc1ccc2nc3n(c2c1)[C@@H]([C@H]([Al])c1c(Cl)cccc1Br)C[C@H]3N. The average molecular weight is 433 g/mol. The number of halogens is 2. The van der Waals surface area contributed by atoms with E-state index in [4.69, 9.17) is 27.1 Å². The first-order valence-electron chi connectivity index (χ1n) is 8.02. The third-order valence-corrected chi connectivity index (χ3v) is 6.63. The van der Waals surface area contributed by atoms with Crippen molar-refractivity contribution in [3.05, 3.63) is 57.3 Å². The van der Waals surface area contributed by atoms with E-state index >= 15 is 0 Å². The molecule has 2 radical (unpaired) electrons. The zero-order chi connectivity index (χ0) is 17.7. The Bertz CT molecular complexity index is 941. The van der Waals surface area contributed by atoms with Crippen molar-refractivity contribution in [1.29, 1.82) is 0 Å². The summed E-state index contributed by atoms with van der Waals surface area (Å²) in [6.07, 6.45) is 0.821. The molecule has 25 heavy (non-hydrogen) atoms. The molecule has 0 saturated heterocycles. The largest absolute Gasteiger partial charge is 0.497 e. The summed E-state index contributed by atoms with van der Waals surface area (Å²) >= 11 is 13.1. The van der Waals surface area contributed by atoms with Gasteiger partial charge in [-0.15, -0.1) is 0 Å². The van der Waals surface area contributed by atoms with Crippen LogP contribution in [-0.4, -0.2) is 33.0 Å². The number of fused-ring (bicyclic) bond motifs is 3. The highest BCUT2D eigenvalue weighted by Gasteiger charge is 2.36. The maximum atomic E-state index is 6.49. The predicted molar refractivity (Wildman–Crippen MR) is 105 cm³/mol. The number of benzene rings is 2. The van der Waals surface area contributed by atoms with Crippen LogP contribution in [0.2, 0.25) is 5.02 Å². The van der Waals surface area contributed by atoms with E-state index in [0.717, 1.165) is 44.1 Å². The Morgan fingerprint density at radius 3 is 2.92 bits per heavy atom. The lowest BCUT2D eigenvalue weighted by Crippen LogP contribution is -2.16. The zero-order valence-corrected chi connectivity index (χ0v) is 17.1. The average Bonchev–Trinajstić information content (AvgIpc) is 3.12. The molecule has 0 spiro atoms. The number of ether oxygens (including phenoxy) is 1. The van der Waals surface area contributed by atoms with Gasteiger partial charge in [-0.25, -0.2) is 4.98 Å². The minimum atomic E-state index is -0.0901. The van der Waals surface area contributed by atoms with Gasteiger partial charge in [0.2, 0.25) is 0 Å². The minimum absolute atomic E-state index is 0.0901. The summed E-state index contributed by atoms with van der Waals surface area (Å²) in [6, 6.07) is 11.9. The smallest absolute Gasteiger partial charge is 0.135 e. The topological polar surface area (TPSA) is 53.1 Å². The van der Waals surface area contributed by atoms with Crippen molar-refractivity contribution in [2.45, 2.75) is 23.3 Å². The van der Waals surface area contributed by atoms with Crippen LogP contribution in [0.4, 0.5) is 0 Å². The van der Waals surface area contributed by atoms with E-state index < -0.39 is 0 Å². The molecule has 4 nitrogen and oxygen atoms in total. The normalized spacial score (nSPS) is 20.6. The molecule has 2 aromatic carbocycles. The molecular weight excluding hydrogens is 417 g/mol. The van der Waals surface area contributed by atoms with Gasteiger partial charge in [0, 0.05) is 21.6 Å². The Morgan fingerprint density at radius 1 is 1.40 bits per heavy atom. The first kappa shape index (κ1) is 17.4. The molecule has 2 heterocycles. The van der Waals surface area contributed by atoms with Gasteiger partial charge in [-0.1, -0.05) is 38.4 Å². The highest BCUT2D eigenvalue weighted by molar-refractivity contribution is 9.10. The van der Waals surface area contributed by atoms with Gasteiger partial charge in [-0.2, -0.15) is 0 Å². The fourth-order valence-corrected chi connectivity index (χ4v) is 5.71. The van der Waals surface area contributed by atoms with Crippen molar-refractivity contribution >= 4 is 54.9 Å². The molecule has 1 aliphatic rings. The lowest BCUT2D eigenvalue weighted by molar-refractivity contribution is 0.415. The van der Waals surface area contributed by atoms with Crippen molar-refractivity contribution < 1.29 is 4.74 Å². The fraction of sp³-hybridized carbons (Fsp3) is 0.278. The molecule has 2 N–H and O–H groups in total. The fourth-order valence-electron chi connectivity index (χ4n) is 3.63. The molecule has 3 aromatic rings. The third-order valence-electron chi connectivity index (χ3n) is 4.83. The summed E-state index contributed by atoms with van der Waals surface area (Å²) in [5.74, 6) is 1.73. The summed E-state index contributed by atoms with van der Waals surface area (Å²) < 4.78 is 8.75. The highest BCUT2D eigenvalue weighted by atomic mass is 79.9. The Kier molecular flexibility index (Phi) is 4.60. The summed E-state index contributed by atoms with van der Waals surface area (Å²) in [7, 11) is 1.67. The van der Waals surface area contributed by atoms with E-state index in [1.54, 1.807) is 7.11 Å². The number of rotatable bonds is 3. The van der Waals surface area contributed by atoms with Crippen LogP contribution in [0.5, 0.6) is 5.75 Å². The molecule has 0 aliphatic carbocycles. The van der Waals surface area contributed by atoms with E-state index in [0.29, 0.717) is 0 Å². The summed E-state index contributed by atoms with van der Waals surface area (Å²) in [5.41, 5.74) is 9.45. The van der Waals surface area contributed by atoms with Gasteiger partial charge < -0.3 is 15.0 Å². The van der Waals surface area contributed by atoms with Crippen LogP contribution >= 0.6 is 27.5 Å². The minimum Gasteiger partial charge on any atom is -0.497 e. The van der Waals surface area contributed by atoms with Crippen molar-refractivity contribution in [2.75, 3.05) is 7.11 Å². The lowest BCUT2D eigenvalue weighted by atomic mass is 10.0. The Hall–Kier alpha value is -1.03. The van der Waals surface area contributed by atoms with Crippen molar-refractivity contribution in [1.82, 2.24) is 9.55 Å². The van der Waals surface area contributed by atoms with E-state index in [2.05, 4.69) is 36.8 Å². The van der Waals surface area contributed by atoms with Crippen molar-refractivity contribution in [3.63, 3.8) is 0 Å². The molecule has 126 valence electrons. The standard InChI is InChI=1S/C18H16BrClN3O.Al/c1-24-11-5-6-16-17(9-11)23-10(8-15(21)18(23)22-16)7-12-13(19)3-2-4-14(12)20;/h2-7,9-10,15H,8,21H2,1H3;/t10-,15+;/m0./s1. The van der Waals surface area contributed by atoms with Crippen LogP contribution in [-0.2, 0) is 0 Å². The predicted octanol–water partition coefficient (Wildman–Crippen LogP) is 4.32. The first-order valence-corrected chi connectivity index (χ1v) is 9.86. The first-order chi connectivity index (χ1) is 12.0. The van der Waals surface area contributed by atoms with E-state index in [9.17, 15) is 0 Å². The van der Waals surface area contributed by atoms with Crippen LogP contribution in [0.15, 0.2) is 40.9 Å². The second kappa shape index (κ2) is 6.61. The molecule has 1 aromatic heterocycles. The number of nitrogens with zero attached hydrogens (tertiary/aromatic N) is 2. The maximum Gasteiger partial charge on any atom is 0.135 e. The molecule has 0 bridgehead atoms. The number of aromatic nitrogens is 2. The molecule has 1 aliphatic heterocycles. The molecule has 0 fully saturated rings. The summed E-state index contributed by atoms with van der Waals surface area (Å²) in [4.78, 5) is 4.75. The maximum absolute atomic E-state index is 6.49. The van der Waals surface area contributed by atoms with Crippen LogP contribution < -0.4 is 10.5 Å². The third kappa shape index (κ3) is 2.81. The van der Waals surface area contributed by atoms with Gasteiger partial charge >= 0.3 is 0 Å². The Morgan fingerprint density at radius 2 is 2.20 bits per heavy atom. The summed E-state index contributed by atoms with van der Waals surface area (Å²) in [6.45, 7) is 0. The van der Waals surface area contributed by atoms with Crippen LogP contribution in [0.25, 0.3) is 11.0 Å². The monoisotopic (exact) mass is 431 g/mol. The van der Waals surface area contributed by atoms with Crippen LogP contribution in [0.3, 0.4) is 0 Å². The Labute approximate surface area is 167 Å². The number of nitrogens with two attached hydrogens (primary N) is 1. The van der Waals surface area contributed by atoms with E-state index in [1.807, 2.05) is 36.4 Å². The number of methoxy groups -OCH3 is 1. The second-order valence-electron chi connectivity index (χ2n) is 6.27. The Balaban J connectivity index is 1.87. The van der Waals surface area contributed by atoms with E-state index in [-0.39, 0.29) is 16.9 Å². The number of imidazole rings is 1. The van der Waals surface area contributed by atoms with Gasteiger partial charge in [0.15, 0.2) is 0 Å². The molecule has 0 amide bonds. The molecule has 4 rings (SSSR count). The van der Waals surface area contributed by atoms with E-state index in [1.165, 1.54) is 0 Å². The molecule has 0 unspecified atom stereocenters. The number of hydrogen-bond donors (Lipinski definition) is 1. The quantitative estimate of drug-likeness (QED) is 0.627. The van der Waals surface area contributed by atoms with Gasteiger partial charge in [0.25, 0.3) is 0 Å².